The molecule has 0 bridgehead atoms. The van der Waals surface area contributed by atoms with Gasteiger partial charge in [-0.3, -0.25) is 4.79 Å². The number of carboxylic acid groups (broad SMARTS) is 1. The molecular formula is C11H20ClNO4. The van der Waals surface area contributed by atoms with Crippen molar-refractivity contribution in [1.29, 1.82) is 0 Å². The zero-order chi connectivity index (χ0) is 12.5. The number of nitrogens with zero attached hydrogens (tertiary/aromatic N) is 1. The van der Waals surface area contributed by atoms with Gasteiger partial charge in [0.1, 0.15) is 5.60 Å². The van der Waals surface area contributed by atoms with Crippen LogP contribution in [0.15, 0.2) is 0 Å². The second kappa shape index (κ2) is 5.58. The second-order valence-electron chi connectivity index (χ2n) is 5.25. The first kappa shape index (κ1) is 16.0. The van der Waals surface area contributed by atoms with Gasteiger partial charge in [-0.05, 0) is 34.1 Å². The van der Waals surface area contributed by atoms with Gasteiger partial charge >= 0.3 is 12.1 Å². The minimum atomic E-state index is -0.849. The van der Waals surface area contributed by atoms with Gasteiger partial charge in [0.15, 0.2) is 0 Å². The van der Waals surface area contributed by atoms with E-state index in [9.17, 15) is 9.59 Å². The smallest absolute Gasteiger partial charge is 0.410 e. The summed E-state index contributed by atoms with van der Waals surface area (Å²) >= 11 is 0. The molecule has 1 aliphatic rings. The summed E-state index contributed by atoms with van der Waals surface area (Å²) in [6.07, 6.45) is 0.0675. The zero-order valence-electron chi connectivity index (χ0n) is 10.6. The highest BCUT2D eigenvalue weighted by Gasteiger charge is 2.38. The summed E-state index contributed by atoms with van der Waals surface area (Å²) in [5.74, 6) is -1.32. The fourth-order valence-electron chi connectivity index (χ4n) is 1.78. The average molecular weight is 266 g/mol. The largest absolute Gasteiger partial charge is 0.481 e. The minimum Gasteiger partial charge on any atom is -0.481 e. The van der Waals surface area contributed by atoms with Gasteiger partial charge in [0.2, 0.25) is 0 Å². The van der Waals surface area contributed by atoms with E-state index in [4.69, 9.17) is 9.84 Å². The molecule has 5 nitrogen and oxygen atoms in total. The van der Waals surface area contributed by atoms with Crippen molar-refractivity contribution in [3.63, 3.8) is 0 Å². The number of likely N-dealkylation sites (tertiary alicyclic amines) is 1. The molecule has 0 saturated carbocycles. The molecule has 1 heterocycles. The predicted molar refractivity (Wildman–Crippen MR) is 65.4 cm³/mol. The maximum Gasteiger partial charge on any atom is 0.410 e. The Morgan fingerprint density at radius 2 is 1.88 bits per heavy atom. The Balaban J connectivity index is 0.00000256. The molecule has 0 aromatic carbocycles. The van der Waals surface area contributed by atoms with Crippen molar-refractivity contribution in [1.82, 2.24) is 4.90 Å². The first-order valence-corrected chi connectivity index (χ1v) is 5.43. The lowest BCUT2D eigenvalue weighted by molar-refractivity contribution is -0.141. The van der Waals surface area contributed by atoms with Crippen molar-refractivity contribution < 1.29 is 19.4 Å². The van der Waals surface area contributed by atoms with Crippen molar-refractivity contribution in [3.05, 3.63) is 0 Å². The first-order chi connectivity index (χ1) is 7.20. The number of amides is 1. The molecular weight excluding hydrogens is 246 g/mol. The van der Waals surface area contributed by atoms with Crippen LogP contribution in [0.1, 0.15) is 34.1 Å². The maximum atomic E-state index is 11.8. The van der Waals surface area contributed by atoms with Gasteiger partial charge in [-0.25, -0.2) is 4.79 Å². The number of hydrogen-bond acceptors (Lipinski definition) is 3. The third-order valence-corrected chi connectivity index (χ3v) is 2.55. The highest BCUT2D eigenvalue weighted by molar-refractivity contribution is 5.85. The fraction of sp³-hybridized carbons (Fsp3) is 0.818. The lowest BCUT2D eigenvalue weighted by atomic mass is 10.1. The Morgan fingerprint density at radius 3 is 2.24 bits per heavy atom. The van der Waals surface area contributed by atoms with E-state index in [-0.39, 0.29) is 25.0 Å². The van der Waals surface area contributed by atoms with E-state index in [1.165, 1.54) is 4.90 Å². The quantitative estimate of drug-likeness (QED) is 0.789. The zero-order valence-corrected chi connectivity index (χ0v) is 11.4. The molecule has 0 spiro atoms. The van der Waals surface area contributed by atoms with Crippen LogP contribution in [0.2, 0.25) is 0 Å². The van der Waals surface area contributed by atoms with E-state index in [1.54, 1.807) is 20.8 Å². The Bertz CT molecular complexity index is 300. The molecule has 1 aliphatic heterocycles. The Hall–Kier alpha value is -0.970. The van der Waals surface area contributed by atoms with Crippen LogP contribution < -0.4 is 0 Å². The summed E-state index contributed by atoms with van der Waals surface area (Å²) in [6.45, 7) is 7.46. The average Bonchev–Trinajstić information content (AvgIpc) is 2.44. The summed E-state index contributed by atoms with van der Waals surface area (Å²) in [7, 11) is 0. The molecule has 17 heavy (non-hydrogen) atoms. The molecule has 0 radical (unpaired) electrons. The molecule has 2 atom stereocenters. The molecule has 0 unspecified atom stereocenters. The molecule has 100 valence electrons. The van der Waals surface area contributed by atoms with Gasteiger partial charge in [-0.2, -0.15) is 0 Å². The Morgan fingerprint density at radius 1 is 1.35 bits per heavy atom. The fourth-order valence-corrected chi connectivity index (χ4v) is 1.78. The number of aliphatic carboxylic acids is 1. The summed E-state index contributed by atoms with van der Waals surface area (Å²) in [5, 5.41) is 8.88. The number of ether oxygens (including phenoxy) is 1. The highest BCUT2D eigenvalue weighted by Crippen LogP contribution is 2.25. The lowest BCUT2D eigenvalue weighted by Crippen LogP contribution is -2.39. The van der Waals surface area contributed by atoms with Crippen LogP contribution >= 0.6 is 12.4 Å². The summed E-state index contributed by atoms with van der Waals surface area (Å²) in [6, 6.07) is -0.0732. The van der Waals surface area contributed by atoms with E-state index in [0.717, 1.165) is 0 Å². The van der Waals surface area contributed by atoms with E-state index in [1.807, 2.05) is 6.92 Å². The van der Waals surface area contributed by atoms with Crippen LogP contribution in [-0.4, -0.2) is 40.3 Å². The van der Waals surface area contributed by atoms with Crippen molar-refractivity contribution in [2.24, 2.45) is 5.92 Å². The summed E-state index contributed by atoms with van der Waals surface area (Å²) < 4.78 is 5.21. The van der Waals surface area contributed by atoms with Crippen LogP contribution in [0.3, 0.4) is 0 Å². The molecule has 0 aromatic rings. The third kappa shape index (κ3) is 4.42. The monoisotopic (exact) mass is 265 g/mol. The normalized spacial score (nSPS) is 24.1. The number of carbonyl (C=O) groups is 2. The van der Waals surface area contributed by atoms with Crippen LogP contribution in [-0.2, 0) is 9.53 Å². The number of hydrogen-bond donors (Lipinski definition) is 1. The van der Waals surface area contributed by atoms with Crippen molar-refractivity contribution in [2.45, 2.75) is 45.8 Å². The predicted octanol–water partition coefficient (Wildman–Crippen LogP) is 2.14. The molecule has 6 heteroatoms. The third-order valence-electron chi connectivity index (χ3n) is 2.55. The number of rotatable bonds is 1. The van der Waals surface area contributed by atoms with Crippen molar-refractivity contribution in [3.8, 4) is 0 Å². The Kier molecular flexibility index (Phi) is 5.26. The number of halogens is 1. The van der Waals surface area contributed by atoms with Crippen molar-refractivity contribution >= 4 is 24.5 Å². The second-order valence-corrected chi connectivity index (χ2v) is 5.25. The van der Waals surface area contributed by atoms with Crippen LogP contribution in [0.5, 0.6) is 0 Å². The minimum absolute atomic E-state index is 0. The molecule has 1 rings (SSSR count). The molecule has 0 aromatic heterocycles. The van der Waals surface area contributed by atoms with E-state index < -0.39 is 23.6 Å². The van der Waals surface area contributed by atoms with E-state index in [0.29, 0.717) is 6.42 Å². The summed E-state index contributed by atoms with van der Waals surface area (Å²) in [5.41, 5.74) is -0.544. The topological polar surface area (TPSA) is 66.8 Å². The van der Waals surface area contributed by atoms with Crippen LogP contribution in [0, 0.1) is 5.92 Å². The number of carbonyl (C=O) groups excluding carboxylic acids is 1. The summed E-state index contributed by atoms with van der Waals surface area (Å²) in [4.78, 5) is 24.1. The van der Waals surface area contributed by atoms with Gasteiger partial charge in [0.25, 0.3) is 0 Å². The lowest BCUT2D eigenvalue weighted by Gasteiger charge is -2.26. The van der Waals surface area contributed by atoms with Gasteiger partial charge < -0.3 is 14.7 Å². The standard InChI is InChI=1S/C11H19NO4.ClH/c1-7-5-8(9(13)14)6-12(7)10(15)16-11(2,3)4;/h7-8H,5-6H2,1-4H3,(H,13,14);1H/t7-,8-;/m0./s1. The molecule has 1 N–H and O–H groups in total. The molecule has 1 amide bonds. The molecule has 1 saturated heterocycles. The highest BCUT2D eigenvalue weighted by atomic mass is 35.5. The molecule has 0 aliphatic carbocycles. The number of carboxylic acids is 1. The van der Waals surface area contributed by atoms with Gasteiger partial charge in [0, 0.05) is 12.6 Å². The van der Waals surface area contributed by atoms with Gasteiger partial charge in [-0.1, -0.05) is 0 Å². The van der Waals surface area contributed by atoms with Gasteiger partial charge in [0.05, 0.1) is 5.92 Å². The molecule has 1 fully saturated rings. The SMILES string of the molecule is C[C@H]1C[C@H](C(=O)O)CN1C(=O)OC(C)(C)C.Cl. The van der Waals surface area contributed by atoms with Crippen LogP contribution in [0.25, 0.3) is 0 Å². The van der Waals surface area contributed by atoms with Gasteiger partial charge in [-0.15, -0.1) is 12.4 Å². The van der Waals surface area contributed by atoms with E-state index >= 15 is 0 Å². The van der Waals surface area contributed by atoms with E-state index in [2.05, 4.69) is 0 Å². The maximum absolute atomic E-state index is 11.8. The Labute approximate surface area is 108 Å². The van der Waals surface area contributed by atoms with Crippen molar-refractivity contribution in [2.75, 3.05) is 6.54 Å². The first-order valence-electron chi connectivity index (χ1n) is 5.43. The van der Waals surface area contributed by atoms with Crippen LogP contribution in [0.4, 0.5) is 4.79 Å².